The molecule has 0 aromatic heterocycles. The van der Waals surface area contributed by atoms with Crippen molar-refractivity contribution in [2.45, 2.75) is 51.7 Å². The van der Waals surface area contributed by atoms with Crippen LogP contribution in [-0.2, 0) is 9.53 Å². The summed E-state index contributed by atoms with van der Waals surface area (Å²) in [6.07, 6.45) is 3.35. The molecule has 114 valence electrons. The Morgan fingerprint density at radius 1 is 1.50 bits per heavy atom. The molecule has 2 heterocycles. The molecule has 2 N–H and O–H groups in total. The van der Waals surface area contributed by atoms with Crippen molar-refractivity contribution in [1.29, 1.82) is 0 Å². The fourth-order valence-electron chi connectivity index (χ4n) is 2.87. The zero-order valence-electron chi connectivity index (χ0n) is 12.2. The lowest BCUT2D eigenvalue weighted by atomic mass is 9.90. The van der Waals surface area contributed by atoms with Gasteiger partial charge in [0.2, 0.25) is 0 Å². The molecule has 0 saturated carbocycles. The maximum Gasteiger partial charge on any atom is 0.317 e. The first kappa shape index (κ1) is 15.1. The van der Waals surface area contributed by atoms with Gasteiger partial charge in [-0.25, -0.2) is 4.79 Å². The minimum absolute atomic E-state index is 0.137. The van der Waals surface area contributed by atoms with Gasteiger partial charge in [0.1, 0.15) is 0 Å². The van der Waals surface area contributed by atoms with Crippen molar-refractivity contribution in [3.8, 4) is 0 Å². The number of carbonyl (C=O) groups excluding carboxylic acids is 1. The molecule has 0 aromatic carbocycles. The van der Waals surface area contributed by atoms with Gasteiger partial charge in [-0.2, -0.15) is 0 Å². The van der Waals surface area contributed by atoms with Crippen LogP contribution in [0.4, 0.5) is 4.79 Å². The predicted molar refractivity (Wildman–Crippen MR) is 73.5 cm³/mol. The number of nitrogens with one attached hydrogen (secondary N) is 1. The number of carboxylic acids is 1. The highest BCUT2D eigenvalue weighted by Gasteiger charge is 2.42. The van der Waals surface area contributed by atoms with Gasteiger partial charge in [0.05, 0.1) is 11.5 Å². The van der Waals surface area contributed by atoms with E-state index in [1.165, 1.54) is 0 Å². The number of rotatable bonds is 3. The van der Waals surface area contributed by atoms with Gasteiger partial charge in [-0.05, 0) is 32.6 Å². The SMILES string of the molecule is CCC1CC(NC(=O)N2CCC(C)(C(=O)O)C2)CCO1. The second kappa shape index (κ2) is 5.99. The summed E-state index contributed by atoms with van der Waals surface area (Å²) in [5, 5.41) is 12.2. The lowest BCUT2D eigenvalue weighted by molar-refractivity contribution is -0.146. The van der Waals surface area contributed by atoms with Crippen molar-refractivity contribution in [1.82, 2.24) is 10.2 Å². The van der Waals surface area contributed by atoms with Gasteiger partial charge < -0.3 is 20.1 Å². The molecule has 0 aliphatic carbocycles. The van der Waals surface area contributed by atoms with E-state index in [2.05, 4.69) is 12.2 Å². The summed E-state index contributed by atoms with van der Waals surface area (Å²) in [4.78, 5) is 25.0. The number of urea groups is 1. The van der Waals surface area contributed by atoms with E-state index in [0.29, 0.717) is 19.6 Å². The minimum Gasteiger partial charge on any atom is -0.481 e. The molecule has 3 unspecified atom stereocenters. The average Bonchev–Trinajstić information content (AvgIpc) is 2.83. The van der Waals surface area contributed by atoms with Crippen LogP contribution in [0.2, 0.25) is 0 Å². The Balaban J connectivity index is 1.85. The van der Waals surface area contributed by atoms with Crippen LogP contribution in [0.1, 0.15) is 39.5 Å². The van der Waals surface area contributed by atoms with E-state index < -0.39 is 11.4 Å². The van der Waals surface area contributed by atoms with Crippen molar-refractivity contribution in [3.63, 3.8) is 0 Å². The largest absolute Gasteiger partial charge is 0.481 e. The number of hydrogen-bond acceptors (Lipinski definition) is 3. The monoisotopic (exact) mass is 284 g/mol. The highest BCUT2D eigenvalue weighted by molar-refractivity contribution is 5.79. The Bertz CT molecular complexity index is 387. The molecule has 0 radical (unpaired) electrons. The summed E-state index contributed by atoms with van der Waals surface area (Å²) < 4.78 is 5.59. The van der Waals surface area contributed by atoms with Crippen LogP contribution in [-0.4, -0.2) is 53.8 Å². The fourth-order valence-corrected chi connectivity index (χ4v) is 2.87. The lowest BCUT2D eigenvalue weighted by Gasteiger charge is -2.31. The first-order valence-corrected chi connectivity index (χ1v) is 7.35. The molecule has 20 heavy (non-hydrogen) atoms. The van der Waals surface area contributed by atoms with E-state index in [-0.39, 0.29) is 24.7 Å². The Morgan fingerprint density at radius 3 is 2.85 bits per heavy atom. The van der Waals surface area contributed by atoms with E-state index in [4.69, 9.17) is 4.74 Å². The third-order valence-corrected chi connectivity index (χ3v) is 4.43. The molecule has 2 amide bonds. The van der Waals surface area contributed by atoms with Crippen molar-refractivity contribution in [2.24, 2.45) is 5.41 Å². The number of likely N-dealkylation sites (tertiary alicyclic amines) is 1. The van der Waals surface area contributed by atoms with E-state index >= 15 is 0 Å². The van der Waals surface area contributed by atoms with Gasteiger partial charge in [0.25, 0.3) is 0 Å². The van der Waals surface area contributed by atoms with Gasteiger partial charge in [0.15, 0.2) is 0 Å². The summed E-state index contributed by atoms with van der Waals surface area (Å²) >= 11 is 0. The van der Waals surface area contributed by atoms with Gasteiger partial charge in [-0.15, -0.1) is 0 Å². The van der Waals surface area contributed by atoms with Gasteiger partial charge >= 0.3 is 12.0 Å². The van der Waals surface area contributed by atoms with Crippen molar-refractivity contribution < 1.29 is 19.4 Å². The molecule has 0 spiro atoms. The summed E-state index contributed by atoms with van der Waals surface area (Å²) in [6.45, 7) is 5.25. The second-order valence-electron chi connectivity index (χ2n) is 6.11. The van der Waals surface area contributed by atoms with Crippen molar-refractivity contribution in [3.05, 3.63) is 0 Å². The molecule has 3 atom stereocenters. The molecular formula is C14H24N2O4. The topological polar surface area (TPSA) is 78.9 Å². The van der Waals surface area contributed by atoms with E-state index in [1.54, 1.807) is 11.8 Å². The van der Waals surface area contributed by atoms with Crippen molar-refractivity contribution in [2.75, 3.05) is 19.7 Å². The maximum atomic E-state index is 12.2. The van der Waals surface area contributed by atoms with Gasteiger partial charge in [-0.1, -0.05) is 6.92 Å². The Labute approximate surface area is 119 Å². The van der Waals surface area contributed by atoms with Crippen LogP contribution < -0.4 is 5.32 Å². The molecule has 2 aliphatic heterocycles. The first-order chi connectivity index (χ1) is 9.44. The Hall–Kier alpha value is -1.30. The standard InChI is InChI=1S/C14H24N2O4/c1-3-11-8-10(4-7-20-11)15-13(19)16-6-5-14(2,9-16)12(17)18/h10-11H,3-9H2,1-2H3,(H,15,19)(H,17,18). The number of nitrogens with zero attached hydrogens (tertiary/aromatic N) is 1. The lowest BCUT2D eigenvalue weighted by Crippen LogP contribution is -2.48. The number of hydrogen-bond donors (Lipinski definition) is 2. The third-order valence-electron chi connectivity index (χ3n) is 4.43. The number of carbonyl (C=O) groups is 2. The highest BCUT2D eigenvalue weighted by atomic mass is 16.5. The second-order valence-corrected chi connectivity index (χ2v) is 6.11. The highest BCUT2D eigenvalue weighted by Crippen LogP contribution is 2.30. The smallest absolute Gasteiger partial charge is 0.317 e. The first-order valence-electron chi connectivity index (χ1n) is 7.35. The molecule has 2 aliphatic rings. The summed E-state index contributed by atoms with van der Waals surface area (Å²) in [7, 11) is 0. The number of ether oxygens (including phenoxy) is 1. The van der Waals surface area contributed by atoms with Gasteiger partial charge in [-0.3, -0.25) is 4.79 Å². The van der Waals surface area contributed by atoms with Crippen LogP contribution in [0.5, 0.6) is 0 Å². The van der Waals surface area contributed by atoms with Crippen LogP contribution in [0.25, 0.3) is 0 Å². The number of carboxylic acid groups (broad SMARTS) is 1. The number of amides is 2. The molecule has 0 bridgehead atoms. The zero-order chi connectivity index (χ0) is 14.8. The Morgan fingerprint density at radius 2 is 2.25 bits per heavy atom. The quantitative estimate of drug-likeness (QED) is 0.822. The zero-order valence-corrected chi connectivity index (χ0v) is 12.2. The van der Waals surface area contributed by atoms with Crippen LogP contribution >= 0.6 is 0 Å². The molecule has 6 heteroatoms. The van der Waals surface area contributed by atoms with Crippen LogP contribution in [0.15, 0.2) is 0 Å². The van der Waals surface area contributed by atoms with Crippen LogP contribution in [0.3, 0.4) is 0 Å². The molecular weight excluding hydrogens is 260 g/mol. The third kappa shape index (κ3) is 3.23. The van der Waals surface area contributed by atoms with Gasteiger partial charge in [0, 0.05) is 25.7 Å². The Kier molecular flexibility index (Phi) is 4.52. The summed E-state index contributed by atoms with van der Waals surface area (Å²) in [5.41, 5.74) is -0.807. The molecule has 0 aromatic rings. The normalized spacial score (nSPS) is 34.0. The average molecular weight is 284 g/mol. The molecule has 2 saturated heterocycles. The molecule has 6 nitrogen and oxygen atoms in total. The fraction of sp³-hybridized carbons (Fsp3) is 0.857. The summed E-state index contributed by atoms with van der Waals surface area (Å²) in [5.74, 6) is -0.829. The van der Waals surface area contributed by atoms with E-state index in [1.807, 2.05) is 0 Å². The molecule has 2 rings (SSSR count). The minimum atomic E-state index is -0.829. The summed E-state index contributed by atoms with van der Waals surface area (Å²) in [6, 6.07) is -0.00499. The van der Waals surface area contributed by atoms with E-state index in [0.717, 1.165) is 19.3 Å². The number of aliphatic carboxylic acids is 1. The van der Waals surface area contributed by atoms with Crippen molar-refractivity contribution >= 4 is 12.0 Å². The predicted octanol–water partition coefficient (Wildman–Crippen LogP) is 1.45. The molecule has 2 fully saturated rings. The van der Waals surface area contributed by atoms with E-state index in [9.17, 15) is 14.7 Å². The maximum absolute atomic E-state index is 12.2. The van der Waals surface area contributed by atoms with Crippen LogP contribution in [0, 0.1) is 5.41 Å².